The number of carbonyl (C=O) groups excluding carboxylic acids is 1. The van der Waals surface area contributed by atoms with Crippen molar-refractivity contribution in [3.05, 3.63) is 29.8 Å². The molecule has 1 aromatic rings. The zero-order chi connectivity index (χ0) is 18.0. The van der Waals surface area contributed by atoms with Crippen LogP contribution in [-0.2, 0) is 11.3 Å². The minimum Gasteiger partial charge on any atom is -0.484 e. The Morgan fingerprint density at radius 3 is 2.62 bits per heavy atom. The molecule has 24 heavy (non-hydrogen) atoms. The molecule has 0 aliphatic carbocycles. The molecule has 0 saturated carbocycles. The largest absolute Gasteiger partial charge is 0.484 e. The van der Waals surface area contributed by atoms with Crippen LogP contribution in [0.1, 0.15) is 33.3 Å². The van der Waals surface area contributed by atoms with Crippen molar-refractivity contribution in [2.45, 2.75) is 39.8 Å². The highest BCUT2D eigenvalue weighted by atomic mass is 16.5. The van der Waals surface area contributed by atoms with Crippen molar-refractivity contribution in [2.75, 3.05) is 20.2 Å². The van der Waals surface area contributed by atoms with Crippen LogP contribution in [0.2, 0.25) is 0 Å². The molecule has 6 nitrogen and oxygen atoms in total. The summed E-state index contributed by atoms with van der Waals surface area (Å²) in [6.45, 7) is 10.5. The highest BCUT2D eigenvalue weighted by molar-refractivity contribution is 5.82. The van der Waals surface area contributed by atoms with Crippen molar-refractivity contribution in [3.63, 3.8) is 0 Å². The Balaban J connectivity index is 1.97. The first-order valence-corrected chi connectivity index (χ1v) is 8.16. The Bertz CT molecular complexity index is 638. The minimum absolute atomic E-state index is 0.0568. The standard InChI is InChI=1S/C18H28N4O2/c1-17(2)12-22(18(17,3)4)16(20-5)21-10-13-7-6-8-14(9-13)24-11-15(19)23/h6-9H,10-12H2,1-5H3,(H2,19,23)(H,20,21). The van der Waals surface area contributed by atoms with E-state index in [1.165, 1.54) is 0 Å². The summed E-state index contributed by atoms with van der Waals surface area (Å²) in [5, 5.41) is 3.40. The van der Waals surface area contributed by atoms with Gasteiger partial charge < -0.3 is 20.7 Å². The number of hydrogen-bond acceptors (Lipinski definition) is 3. The van der Waals surface area contributed by atoms with E-state index in [0.29, 0.717) is 12.3 Å². The van der Waals surface area contributed by atoms with Gasteiger partial charge in [-0.1, -0.05) is 26.0 Å². The number of benzene rings is 1. The van der Waals surface area contributed by atoms with Crippen LogP contribution in [0.5, 0.6) is 5.75 Å². The molecule has 1 heterocycles. The number of ether oxygens (including phenoxy) is 1. The van der Waals surface area contributed by atoms with Crippen molar-refractivity contribution in [1.29, 1.82) is 0 Å². The number of carbonyl (C=O) groups is 1. The van der Waals surface area contributed by atoms with Gasteiger partial charge >= 0.3 is 0 Å². The Hall–Kier alpha value is -2.24. The van der Waals surface area contributed by atoms with Crippen LogP contribution in [0.25, 0.3) is 0 Å². The third-order valence-corrected chi connectivity index (χ3v) is 5.08. The second-order valence-electron chi connectivity index (χ2n) is 7.33. The van der Waals surface area contributed by atoms with Crippen LogP contribution in [0, 0.1) is 5.41 Å². The van der Waals surface area contributed by atoms with E-state index in [2.05, 4.69) is 42.9 Å². The lowest BCUT2D eigenvalue weighted by atomic mass is 9.65. The van der Waals surface area contributed by atoms with Gasteiger partial charge in [0.1, 0.15) is 5.75 Å². The maximum atomic E-state index is 10.8. The molecule has 1 saturated heterocycles. The van der Waals surface area contributed by atoms with Gasteiger partial charge in [-0.15, -0.1) is 0 Å². The Labute approximate surface area is 144 Å². The van der Waals surface area contributed by atoms with Crippen LogP contribution in [0.15, 0.2) is 29.3 Å². The molecule has 0 aromatic heterocycles. The third-order valence-electron chi connectivity index (χ3n) is 5.08. The predicted octanol–water partition coefficient (Wildman–Crippen LogP) is 1.75. The van der Waals surface area contributed by atoms with Gasteiger partial charge in [0.2, 0.25) is 0 Å². The van der Waals surface area contributed by atoms with Crippen molar-refractivity contribution >= 4 is 11.9 Å². The Morgan fingerprint density at radius 1 is 1.38 bits per heavy atom. The van der Waals surface area contributed by atoms with Gasteiger partial charge in [-0.2, -0.15) is 0 Å². The van der Waals surface area contributed by atoms with Crippen molar-refractivity contribution < 1.29 is 9.53 Å². The quantitative estimate of drug-likeness (QED) is 0.636. The number of nitrogens with zero attached hydrogens (tertiary/aromatic N) is 2. The van der Waals surface area contributed by atoms with Gasteiger partial charge in [0.05, 0.1) is 0 Å². The molecule has 1 fully saturated rings. The summed E-state index contributed by atoms with van der Waals surface area (Å²) < 4.78 is 5.34. The fourth-order valence-electron chi connectivity index (χ4n) is 2.78. The number of nitrogens with one attached hydrogen (secondary N) is 1. The first kappa shape index (κ1) is 18.1. The summed E-state index contributed by atoms with van der Waals surface area (Å²) >= 11 is 0. The van der Waals surface area contributed by atoms with E-state index in [1.54, 1.807) is 7.05 Å². The zero-order valence-electron chi connectivity index (χ0n) is 15.2. The number of primary amides is 1. The lowest BCUT2D eigenvalue weighted by molar-refractivity contribution is -0.119. The van der Waals surface area contributed by atoms with Crippen molar-refractivity contribution in [3.8, 4) is 5.75 Å². The maximum Gasteiger partial charge on any atom is 0.255 e. The molecule has 6 heteroatoms. The number of guanidine groups is 1. The van der Waals surface area contributed by atoms with Gasteiger partial charge in [0.15, 0.2) is 12.6 Å². The molecular formula is C18H28N4O2. The van der Waals surface area contributed by atoms with Crippen LogP contribution in [0.4, 0.5) is 0 Å². The first-order chi connectivity index (χ1) is 11.2. The number of aliphatic imine (C=N–C) groups is 1. The highest BCUT2D eigenvalue weighted by Crippen LogP contribution is 2.46. The topological polar surface area (TPSA) is 80.0 Å². The van der Waals surface area contributed by atoms with Gasteiger partial charge in [-0.3, -0.25) is 9.79 Å². The lowest BCUT2D eigenvalue weighted by Crippen LogP contribution is -2.72. The van der Waals surface area contributed by atoms with Gasteiger partial charge in [-0.25, -0.2) is 0 Å². The second kappa shape index (κ2) is 6.71. The molecule has 132 valence electrons. The van der Waals surface area contributed by atoms with E-state index >= 15 is 0 Å². The van der Waals surface area contributed by atoms with Gasteiger partial charge in [0, 0.05) is 31.1 Å². The molecule has 0 spiro atoms. The van der Waals surface area contributed by atoms with E-state index < -0.39 is 5.91 Å². The number of rotatable bonds is 5. The summed E-state index contributed by atoms with van der Waals surface area (Å²) in [6.07, 6.45) is 0. The fourth-order valence-corrected chi connectivity index (χ4v) is 2.78. The average Bonchev–Trinajstić information content (AvgIpc) is 2.52. The Morgan fingerprint density at radius 2 is 2.08 bits per heavy atom. The summed E-state index contributed by atoms with van der Waals surface area (Å²) in [5.74, 6) is 1.04. The Kier molecular flexibility index (Phi) is 5.06. The summed E-state index contributed by atoms with van der Waals surface area (Å²) in [7, 11) is 1.80. The molecule has 1 aromatic carbocycles. The summed E-state index contributed by atoms with van der Waals surface area (Å²) in [4.78, 5) is 17.5. The van der Waals surface area contributed by atoms with Crippen LogP contribution in [0.3, 0.4) is 0 Å². The minimum atomic E-state index is -0.485. The van der Waals surface area contributed by atoms with E-state index in [1.807, 2.05) is 24.3 Å². The summed E-state index contributed by atoms with van der Waals surface area (Å²) in [5.41, 5.74) is 6.47. The molecule has 0 atom stereocenters. The molecule has 3 N–H and O–H groups in total. The van der Waals surface area contributed by atoms with Crippen LogP contribution < -0.4 is 15.8 Å². The second-order valence-corrected chi connectivity index (χ2v) is 7.33. The summed E-state index contributed by atoms with van der Waals surface area (Å²) in [6, 6.07) is 7.60. The zero-order valence-corrected chi connectivity index (χ0v) is 15.2. The first-order valence-electron chi connectivity index (χ1n) is 8.16. The normalized spacial score (nSPS) is 18.7. The molecule has 1 aliphatic heterocycles. The molecule has 0 bridgehead atoms. The van der Waals surface area contributed by atoms with Crippen LogP contribution >= 0.6 is 0 Å². The van der Waals surface area contributed by atoms with E-state index in [0.717, 1.165) is 18.1 Å². The van der Waals surface area contributed by atoms with Gasteiger partial charge in [-0.05, 0) is 31.5 Å². The molecule has 0 unspecified atom stereocenters. The number of likely N-dealkylation sites (tertiary alicyclic amines) is 1. The smallest absolute Gasteiger partial charge is 0.255 e. The molecule has 2 rings (SSSR count). The molecular weight excluding hydrogens is 304 g/mol. The lowest BCUT2D eigenvalue weighted by Gasteiger charge is -2.62. The molecule has 1 aliphatic rings. The molecule has 0 radical (unpaired) electrons. The predicted molar refractivity (Wildman–Crippen MR) is 95.9 cm³/mol. The monoisotopic (exact) mass is 332 g/mol. The van der Waals surface area contributed by atoms with Gasteiger partial charge in [0.25, 0.3) is 5.91 Å². The molecule has 1 amide bonds. The number of hydrogen-bond donors (Lipinski definition) is 2. The fraction of sp³-hybridized carbons (Fsp3) is 0.556. The number of amides is 1. The average molecular weight is 332 g/mol. The van der Waals surface area contributed by atoms with Crippen molar-refractivity contribution in [1.82, 2.24) is 10.2 Å². The van der Waals surface area contributed by atoms with E-state index in [9.17, 15) is 4.79 Å². The number of nitrogens with two attached hydrogens (primary N) is 1. The van der Waals surface area contributed by atoms with E-state index in [4.69, 9.17) is 10.5 Å². The SMILES string of the molecule is CN=C(NCc1cccc(OCC(N)=O)c1)N1CC(C)(C)C1(C)C. The van der Waals surface area contributed by atoms with Crippen molar-refractivity contribution in [2.24, 2.45) is 16.1 Å². The maximum absolute atomic E-state index is 10.8. The van der Waals surface area contributed by atoms with Crippen LogP contribution in [-0.4, -0.2) is 42.5 Å². The highest BCUT2D eigenvalue weighted by Gasteiger charge is 2.53. The van der Waals surface area contributed by atoms with E-state index in [-0.39, 0.29) is 17.6 Å². The third kappa shape index (κ3) is 3.63.